The number of unbranched alkanes of at least 4 members (excludes halogenated alkanes) is 35. The molecule has 2 aromatic rings. The molecule has 1 aliphatic heterocycles. The third-order valence-corrected chi connectivity index (χ3v) is 14.6. The number of nitrogens with zero attached hydrogens (tertiary/aromatic N) is 2. The molecule has 0 fully saturated rings. The number of benzene rings is 2. The van der Waals surface area contributed by atoms with E-state index in [9.17, 15) is 5.53 Å². The fraction of sp³-hybridized carbons (Fsp3) is 0.731. The zero-order valence-electron chi connectivity index (χ0n) is 47.6. The van der Waals surface area contributed by atoms with E-state index in [1.807, 2.05) is 0 Å². The summed E-state index contributed by atoms with van der Waals surface area (Å²) in [5.74, 6) is 0. The van der Waals surface area contributed by atoms with Crippen molar-refractivity contribution >= 4 is 11.4 Å². The van der Waals surface area contributed by atoms with E-state index in [0.29, 0.717) is 0 Å². The third kappa shape index (κ3) is 34.4. The van der Waals surface area contributed by atoms with Crippen molar-refractivity contribution in [2.24, 2.45) is 0 Å². The fourth-order valence-corrected chi connectivity index (χ4v) is 9.95. The molecule has 0 aliphatic carbocycles. The Morgan fingerprint density at radius 3 is 0.857 bits per heavy atom. The second-order valence-electron chi connectivity index (χ2n) is 21.1. The van der Waals surface area contributed by atoms with Crippen LogP contribution in [0.25, 0.3) is 16.9 Å². The number of rotatable bonds is 43. The van der Waals surface area contributed by atoms with E-state index in [1.165, 1.54) is 265 Å². The molecule has 0 bridgehead atoms. The Balaban J connectivity index is 0.00000120. The van der Waals surface area contributed by atoms with E-state index in [2.05, 4.69) is 104 Å². The Kier molecular flexibility index (Phi) is 49.1. The van der Waals surface area contributed by atoms with Crippen molar-refractivity contribution in [3.63, 3.8) is 0 Å². The van der Waals surface area contributed by atoms with Gasteiger partial charge in [-0.05, 0) is 80.8 Å². The first-order chi connectivity index (χ1) is 33.9. The van der Waals surface area contributed by atoms with Gasteiger partial charge in [0.15, 0.2) is 0 Å². The smallest absolute Gasteiger partial charge is 0.493 e. The van der Waals surface area contributed by atoms with Crippen molar-refractivity contribution in [3.8, 4) is 0 Å². The van der Waals surface area contributed by atoms with Crippen molar-refractivity contribution in [2.75, 3.05) is 0 Å². The van der Waals surface area contributed by atoms with Gasteiger partial charge in [0.1, 0.15) is 0 Å². The Bertz CT molecular complexity index is 1440. The number of hydrogen-bond donors (Lipinski definition) is 0. The van der Waals surface area contributed by atoms with Crippen LogP contribution in [0.3, 0.4) is 0 Å². The van der Waals surface area contributed by atoms with Crippen LogP contribution >= 0.6 is 0 Å². The van der Waals surface area contributed by atoms with Crippen LogP contribution in [0.1, 0.15) is 327 Å². The van der Waals surface area contributed by atoms with Crippen LogP contribution in [0.5, 0.6) is 0 Å². The van der Waals surface area contributed by atoms with Crippen molar-refractivity contribution in [3.05, 3.63) is 101 Å². The SMILES string of the molecule is CCCCCCC1=C(c2ccc(CCCCCC)cc2)[N+](=[N-])C(c2ccc(CCCCCC)cc2)=C1C.[CH2-]CCCCCCCCCCCCCCC.[CH2-]CCCCCCCCCCCCCCC.[Ni+2]. The summed E-state index contributed by atoms with van der Waals surface area (Å²) in [4.78, 5) is 0. The first-order valence-electron chi connectivity index (χ1n) is 30.6. The van der Waals surface area contributed by atoms with Gasteiger partial charge in [-0.2, -0.15) is 12.8 Å². The van der Waals surface area contributed by atoms with Gasteiger partial charge in [-0.3, -0.25) is 0 Å². The minimum absolute atomic E-state index is 0. The van der Waals surface area contributed by atoms with Crippen molar-refractivity contribution in [1.29, 1.82) is 0 Å². The second kappa shape index (κ2) is 50.5. The van der Waals surface area contributed by atoms with Gasteiger partial charge in [-0.1, -0.05) is 284 Å². The zero-order chi connectivity index (χ0) is 50.3. The summed E-state index contributed by atoms with van der Waals surface area (Å²) in [7, 11) is 0. The van der Waals surface area contributed by atoms with Crippen molar-refractivity contribution in [2.45, 2.75) is 318 Å². The molecule has 1 aliphatic rings. The van der Waals surface area contributed by atoms with Gasteiger partial charge in [0.25, 0.3) is 0 Å². The molecular formula is C67H116N2Ni. The maximum Gasteiger partial charge on any atom is 2.00 e. The van der Waals surface area contributed by atoms with Gasteiger partial charge in [-0.25, -0.2) is 4.70 Å². The molecule has 70 heavy (non-hydrogen) atoms. The second-order valence-corrected chi connectivity index (χ2v) is 21.1. The normalized spacial score (nSPS) is 12.3. The first kappa shape index (κ1) is 68.0. The molecule has 0 unspecified atom stereocenters. The molecule has 1 heterocycles. The maximum atomic E-state index is 11.6. The summed E-state index contributed by atoms with van der Waals surface area (Å²) in [5.41, 5.74) is 21.0. The number of allylic oxidation sites excluding steroid dienone is 2. The van der Waals surface area contributed by atoms with E-state index in [4.69, 9.17) is 0 Å². The number of hydrogen-bond acceptors (Lipinski definition) is 0. The van der Waals surface area contributed by atoms with Crippen LogP contribution in [0.4, 0.5) is 0 Å². The quantitative estimate of drug-likeness (QED) is 0.0274. The predicted molar refractivity (Wildman–Crippen MR) is 312 cm³/mol. The van der Waals surface area contributed by atoms with Gasteiger partial charge in [-0.15, -0.1) is 0 Å². The summed E-state index contributed by atoms with van der Waals surface area (Å²) < 4.78 is 1.48. The molecule has 0 atom stereocenters. The van der Waals surface area contributed by atoms with Gasteiger partial charge < -0.3 is 19.4 Å². The predicted octanol–water partition coefficient (Wildman–Crippen LogP) is 23.7. The zero-order valence-corrected chi connectivity index (χ0v) is 48.6. The van der Waals surface area contributed by atoms with Crippen LogP contribution in [0.15, 0.2) is 59.7 Å². The Hall–Kier alpha value is -1.99. The minimum Gasteiger partial charge on any atom is -0.493 e. The van der Waals surface area contributed by atoms with E-state index < -0.39 is 0 Å². The average Bonchev–Trinajstić information content (AvgIpc) is 3.62. The van der Waals surface area contributed by atoms with Gasteiger partial charge >= 0.3 is 16.5 Å². The summed E-state index contributed by atoms with van der Waals surface area (Å²) in [6.07, 6.45) is 58.2. The largest absolute Gasteiger partial charge is 2.00 e. The van der Waals surface area contributed by atoms with Crippen LogP contribution in [0.2, 0.25) is 0 Å². The van der Waals surface area contributed by atoms with E-state index in [1.54, 1.807) is 0 Å². The van der Waals surface area contributed by atoms with Gasteiger partial charge in [0, 0.05) is 22.3 Å². The summed E-state index contributed by atoms with van der Waals surface area (Å²) in [6.45, 7) is 21.3. The van der Waals surface area contributed by atoms with Crippen LogP contribution < -0.4 is 0 Å². The Morgan fingerprint density at radius 2 is 0.571 bits per heavy atom. The number of aryl methyl sites for hydroxylation is 2. The van der Waals surface area contributed by atoms with Gasteiger partial charge in [0.2, 0.25) is 11.4 Å². The standard InChI is InChI=1S/C35H50N2.2C16H33.Ni/c1-5-8-11-14-17-29-20-24-31(25-21-29)34-28(4)33(19-16-13-10-7-3)35(37(34)36)32-26-22-30(23-27-32)18-15-12-9-6-2;2*1-3-5-7-9-11-13-15-16-14-12-10-8-6-4-2;/h20-27H,5-19H2,1-4H3;2*1,3-16H2,2H3;/q;2*-1;+2. The molecule has 0 N–H and O–H groups in total. The molecule has 0 saturated heterocycles. The maximum absolute atomic E-state index is 11.6. The third-order valence-electron chi connectivity index (χ3n) is 14.6. The molecule has 0 spiro atoms. The molecule has 2 nitrogen and oxygen atoms in total. The monoisotopic (exact) mass is 1010 g/mol. The Morgan fingerprint density at radius 1 is 0.329 bits per heavy atom. The fourth-order valence-electron chi connectivity index (χ4n) is 9.95. The Labute approximate surface area is 449 Å². The molecule has 0 aromatic heterocycles. The van der Waals surface area contributed by atoms with E-state index in [0.717, 1.165) is 61.0 Å². The molecule has 3 rings (SSSR count). The van der Waals surface area contributed by atoms with Crippen LogP contribution in [0, 0.1) is 13.8 Å². The summed E-state index contributed by atoms with van der Waals surface area (Å²) in [5, 5.41) is 0. The van der Waals surface area contributed by atoms with Crippen molar-refractivity contribution in [1.82, 2.24) is 0 Å². The topological polar surface area (TPSA) is 25.3 Å². The molecule has 2 aromatic carbocycles. The molecular weight excluding hydrogens is 891 g/mol. The molecule has 0 radical (unpaired) electrons. The van der Waals surface area contributed by atoms with Crippen molar-refractivity contribution < 1.29 is 21.2 Å². The summed E-state index contributed by atoms with van der Waals surface area (Å²) in [6, 6.07) is 17.9. The molecule has 0 amide bonds. The van der Waals surface area contributed by atoms with Gasteiger partial charge in [0.05, 0.1) is 0 Å². The minimum atomic E-state index is 0. The van der Waals surface area contributed by atoms with E-state index >= 15 is 0 Å². The first-order valence-corrected chi connectivity index (χ1v) is 30.6. The molecule has 0 saturated carbocycles. The van der Waals surface area contributed by atoms with Crippen LogP contribution in [-0.2, 0) is 29.3 Å². The molecule has 404 valence electrons. The van der Waals surface area contributed by atoms with Crippen LogP contribution in [-0.4, -0.2) is 4.70 Å². The average molecular weight is 1010 g/mol. The molecule has 3 heteroatoms. The summed E-state index contributed by atoms with van der Waals surface area (Å²) >= 11 is 0. The van der Waals surface area contributed by atoms with E-state index in [-0.39, 0.29) is 16.5 Å².